The lowest BCUT2D eigenvalue weighted by atomic mass is 10.1. The maximum Gasteiger partial charge on any atom is 0.418 e. The number of rotatable bonds is 2. The van der Waals surface area contributed by atoms with Gasteiger partial charge in [0, 0.05) is 6.20 Å². The quantitative estimate of drug-likeness (QED) is 0.757. The minimum absolute atomic E-state index is 0.270. The molecule has 16 heavy (non-hydrogen) atoms. The summed E-state index contributed by atoms with van der Waals surface area (Å²) in [7, 11) is 1.07. The molecule has 1 aromatic rings. The van der Waals surface area contributed by atoms with Gasteiger partial charge in [-0.1, -0.05) is 11.6 Å². The maximum atomic E-state index is 12.5. The summed E-state index contributed by atoms with van der Waals surface area (Å²) in [6.45, 7) is 0. The molecule has 0 radical (unpaired) electrons. The highest BCUT2D eigenvalue weighted by Crippen LogP contribution is 2.42. The normalized spacial score (nSPS) is 12.0. The summed E-state index contributed by atoms with van der Waals surface area (Å²) >= 11 is 5.35. The Labute approximate surface area is 92.0 Å². The van der Waals surface area contributed by atoms with Gasteiger partial charge in [-0.25, -0.2) is 13.8 Å². The first-order chi connectivity index (χ1) is 7.29. The van der Waals surface area contributed by atoms with Gasteiger partial charge in [0.05, 0.1) is 18.2 Å². The Balaban J connectivity index is 3.47. The minimum Gasteiger partial charge on any atom is -0.480 e. The predicted molar refractivity (Wildman–Crippen MR) is 45.8 cm³/mol. The Morgan fingerprint density at radius 3 is 2.31 bits per heavy atom. The molecular formula is C8H5ClF5NO. The van der Waals surface area contributed by atoms with Crippen molar-refractivity contribution in [3.05, 3.63) is 22.3 Å². The van der Waals surface area contributed by atoms with Gasteiger partial charge in [-0.2, -0.15) is 13.2 Å². The average Bonchev–Trinajstić information content (AvgIpc) is 2.15. The molecule has 0 spiro atoms. The number of hydrogen-bond acceptors (Lipinski definition) is 2. The van der Waals surface area contributed by atoms with E-state index in [1.165, 1.54) is 0 Å². The zero-order chi connectivity index (χ0) is 12.5. The van der Waals surface area contributed by atoms with Crippen LogP contribution in [0.15, 0.2) is 6.20 Å². The van der Waals surface area contributed by atoms with Gasteiger partial charge in [0.25, 0.3) is 6.43 Å². The third-order valence-electron chi connectivity index (χ3n) is 1.74. The highest BCUT2D eigenvalue weighted by molar-refractivity contribution is 6.32. The van der Waals surface area contributed by atoms with Gasteiger partial charge in [0.1, 0.15) is 5.02 Å². The highest BCUT2D eigenvalue weighted by Gasteiger charge is 2.38. The van der Waals surface area contributed by atoms with E-state index in [2.05, 4.69) is 9.72 Å². The number of alkyl halides is 5. The van der Waals surface area contributed by atoms with E-state index in [4.69, 9.17) is 11.6 Å². The molecule has 1 rings (SSSR count). The maximum absolute atomic E-state index is 12.5. The van der Waals surface area contributed by atoms with Crippen LogP contribution in [0, 0.1) is 0 Å². The van der Waals surface area contributed by atoms with E-state index in [1.54, 1.807) is 0 Å². The van der Waals surface area contributed by atoms with Crippen LogP contribution in [0.4, 0.5) is 22.0 Å². The molecule has 8 heteroatoms. The van der Waals surface area contributed by atoms with Gasteiger partial charge in [0.15, 0.2) is 0 Å². The molecule has 0 aliphatic heterocycles. The van der Waals surface area contributed by atoms with Crippen molar-refractivity contribution in [1.29, 1.82) is 0 Å². The first-order valence-corrected chi connectivity index (χ1v) is 4.24. The topological polar surface area (TPSA) is 22.1 Å². The van der Waals surface area contributed by atoms with Gasteiger partial charge in [-0.3, -0.25) is 0 Å². The Kier molecular flexibility index (Phi) is 3.57. The number of ether oxygens (including phenoxy) is 1. The molecule has 1 aromatic heterocycles. The molecule has 2 nitrogen and oxygen atoms in total. The van der Waals surface area contributed by atoms with Crippen LogP contribution in [0.3, 0.4) is 0 Å². The number of pyridine rings is 1. The van der Waals surface area contributed by atoms with E-state index >= 15 is 0 Å². The zero-order valence-corrected chi connectivity index (χ0v) is 8.53. The van der Waals surface area contributed by atoms with E-state index in [9.17, 15) is 22.0 Å². The van der Waals surface area contributed by atoms with E-state index < -0.39 is 34.6 Å². The van der Waals surface area contributed by atoms with Crippen molar-refractivity contribution < 1.29 is 26.7 Å². The fourth-order valence-corrected chi connectivity index (χ4v) is 1.37. The van der Waals surface area contributed by atoms with Crippen molar-refractivity contribution in [2.75, 3.05) is 7.11 Å². The number of nitrogens with zero attached hydrogens (tertiary/aromatic N) is 1. The molecule has 0 saturated carbocycles. The molecule has 0 aromatic carbocycles. The molecule has 1 heterocycles. The Morgan fingerprint density at radius 1 is 1.38 bits per heavy atom. The lowest BCUT2D eigenvalue weighted by molar-refractivity contribution is -0.139. The first-order valence-electron chi connectivity index (χ1n) is 3.86. The highest BCUT2D eigenvalue weighted by atomic mass is 35.5. The Morgan fingerprint density at radius 2 is 1.94 bits per heavy atom. The molecular weight excluding hydrogens is 257 g/mol. The second kappa shape index (κ2) is 4.40. The average molecular weight is 262 g/mol. The van der Waals surface area contributed by atoms with E-state index in [-0.39, 0.29) is 6.20 Å². The van der Waals surface area contributed by atoms with E-state index in [0.29, 0.717) is 0 Å². The van der Waals surface area contributed by atoms with Crippen molar-refractivity contribution >= 4 is 11.6 Å². The monoisotopic (exact) mass is 261 g/mol. The largest absolute Gasteiger partial charge is 0.480 e. The van der Waals surface area contributed by atoms with Gasteiger partial charge in [0.2, 0.25) is 5.88 Å². The molecule has 0 aliphatic rings. The van der Waals surface area contributed by atoms with Crippen LogP contribution < -0.4 is 4.74 Å². The Bertz CT molecular complexity index is 393. The summed E-state index contributed by atoms with van der Waals surface area (Å²) in [5.41, 5.74) is -2.88. The van der Waals surface area contributed by atoms with Gasteiger partial charge in [-0.15, -0.1) is 0 Å². The lowest BCUT2D eigenvalue weighted by Crippen LogP contribution is -2.11. The second-order valence-corrected chi connectivity index (χ2v) is 3.09. The third-order valence-corrected chi connectivity index (χ3v) is 2.11. The van der Waals surface area contributed by atoms with Crippen LogP contribution in [-0.4, -0.2) is 12.1 Å². The summed E-state index contributed by atoms with van der Waals surface area (Å²) in [5, 5.41) is -0.827. The molecule has 0 unspecified atom stereocenters. The molecule has 0 saturated heterocycles. The Hall–Kier alpha value is -1.11. The smallest absolute Gasteiger partial charge is 0.418 e. The molecule has 90 valence electrons. The number of halogens is 6. The van der Waals surface area contributed by atoms with Crippen molar-refractivity contribution in [2.24, 2.45) is 0 Å². The zero-order valence-electron chi connectivity index (χ0n) is 7.78. The van der Waals surface area contributed by atoms with Crippen LogP contribution in [-0.2, 0) is 6.18 Å². The van der Waals surface area contributed by atoms with Crippen molar-refractivity contribution in [3.8, 4) is 5.88 Å². The van der Waals surface area contributed by atoms with Crippen LogP contribution in [0.5, 0.6) is 5.88 Å². The van der Waals surface area contributed by atoms with Gasteiger partial charge < -0.3 is 4.74 Å². The van der Waals surface area contributed by atoms with Crippen molar-refractivity contribution in [2.45, 2.75) is 12.6 Å². The van der Waals surface area contributed by atoms with Crippen LogP contribution in [0.25, 0.3) is 0 Å². The number of hydrogen-bond donors (Lipinski definition) is 0. The standard InChI is InChI=1S/C8H5ClF5NO/c1-16-7-5(9)4(6(10)11)3(2-15-7)8(12,13)14/h2,6H,1H3. The van der Waals surface area contributed by atoms with E-state index in [0.717, 1.165) is 7.11 Å². The summed E-state index contributed by atoms with van der Waals surface area (Å²) in [4.78, 5) is 3.20. The molecule has 0 bridgehead atoms. The fourth-order valence-electron chi connectivity index (χ4n) is 1.06. The number of methoxy groups -OCH3 is 1. The second-order valence-electron chi connectivity index (χ2n) is 2.71. The fraction of sp³-hybridized carbons (Fsp3) is 0.375. The summed E-state index contributed by atoms with van der Waals surface area (Å²) in [6.07, 6.45) is -8.03. The molecule has 0 fully saturated rings. The molecule has 0 atom stereocenters. The van der Waals surface area contributed by atoms with Crippen LogP contribution in [0.1, 0.15) is 17.6 Å². The van der Waals surface area contributed by atoms with Crippen LogP contribution >= 0.6 is 11.6 Å². The molecule has 0 aliphatic carbocycles. The molecule has 0 N–H and O–H groups in total. The summed E-state index contributed by atoms with van der Waals surface area (Å²) in [5.74, 6) is -0.468. The first kappa shape index (κ1) is 13.0. The summed E-state index contributed by atoms with van der Waals surface area (Å²) in [6, 6.07) is 0. The van der Waals surface area contributed by atoms with Gasteiger partial charge >= 0.3 is 6.18 Å². The van der Waals surface area contributed by atoms with E-state index in [1.807, 2.05) is 0 Å². The van der Waals surface area contributed by atoms with Crippen molar-refractivity contribution in [3.63, 3.8) is 0 Å². The van der Waals surface area contributed by atoms with Crippen molar-refractivity contribution in [1.82, 2.24) is 4.98 Å². The lowest BCUT2D eigenvalue weighted by Gasteiger charge is -2.14. The predicted octanol–water partition coefficient (Wildman–Crippen LogP) is 3.70. The minimum atomic E-state index is -4.94. The van der Waals surface area contributed by atoms with Gasteiger partial charge in [-0.05, 0) is 0 Å². The van der Waals surface area contributed by atoms with Crippen LogP contribution in [0.2, 0.25) is 5.02 Å². The SMILES string of the molecule is COc1ncc(C(F)(F)F)c(C(F)F)c1Cl. The third kappa shape index (κ3) is 2.34. The summed E-state index contributed by atoms with van der Waals surface area (Å²) < 4.78 is 66.4. The number of aromatic nitrogens is 1. The molecule has 0 amide bonds.